The van der Waals surface area contributed by atoms with Gasteiger partial charge in [-0.2, -0.15) is 0 Å². The van der Waals surface area contributed by atoms with E-state index in [9.17, 15) is 4.79 Å². The normalized spacial score (nSPS) is 21.1. The summed E-state index contributed by atoms with van der Waals surface area (Å²) in [5.41, 5.74) is 5.13. The van der Waals surface area contributed by atoms with Gasteiger partial charge in [0.05, 0.1) is 6.54 Å². The van der Waals surface area contributed by atoms with E-state index >= 15 is 0 Å². The second-order valence-electron chi connectivity index (χ2n) is 7.93. The predicted molar refractivity (Wildman–Crippen MR) is 110 cm³/mol. The van der Waals surface area contributed by atoms with Gasteiger partial charge in [0.1, 0.15) is 0 Å². The van der Waals surface area contributed by atoms with Gasteiger partial charge in [0, 0.05) is 44.5 Å². The Labute approximate surface area is 162 Å². The number of aryl methyl sites for hydroxylation is 2. The van der Waals surface area contributed by atoms with E-state index in [0.717, 1.165) is 39.1 Å². The molecule has 0 radical (unpaired) electrons. The molecule has 0 saturated carbocycles. The van der Waals surface area contributed by atoms with Gasteiger partial charge in [0.15, 0.2) is 0 Å². The highest BCUT2D eigenvalue weighted by Gasteiger charge is 2.33. The van der Waals surface area contributed by atoms with E-state index < -0.39 is 0 Å². The highest BCUT2D eigenvalue weighted by atomic mass is 16.2. The zero-order valence-corrected chi connectivity index (χ0v) is 16.4. The summed E-state index contributed by atoms with van der Waals surface area (Å²) >= 11 is 0. The fourth-order valence-corrected chi connectivity index (χ4v) is 4.24. The van der Waals surface area contributed by atoms with Crippen molar-refractivity contribution in [2.24, 2.45) is 0 Å². The maximum absolute atomic E-state index is 12.7. The molecule has 0 N–H and O–H groups in total. The predicted octanol–water partition coefficient (Wildman–Crippen LogP) is 3.23. The van der Waals surface area contributed by atoms with E-state index in [2.05, 4.69) is 72.2 Å². The van der Waals surface area contributed by atoms with Gasteiger partial charge in [-0.3, -0.25) is 9.69 Å². The van der Waals surface area contributed by atoms with E-state index in [4.69, 9.17) is 0 Å². The van der Waals surface area contributed by atoms with Gasteiger partial charge in [0.2, 0.25) is 5.91 Å². The molecule has 2 aromatic rings. The van der Waals surface area contributed by atoms with Crippen molar-refractivity contribution in [3.8, 4) is 0 Å². The molecule has 4 heteroatoms. The summed E-state index contributed by atoms with van der Waals surface area (Å²) in [5, 5.41) is 0. The van der Waals surface area contributed by atoms with Crippen molar-refractivity contribution in [2.75, 3.05) is 37.6 Å². The summed E-state index contributed by atoms with van der Waals surface area (Å²) in [6.07, 6.45) is 1.14. The monoisotopic (exact) mass is 363 g/mol. The van der Waals surface area contributed by atoms with Crippen LogP contribution in [0.3, 0.4) is 0 Å². The van der Waals surface area contributed by atoms with Gasteiger partial charge >= 0.3 is 0 Å². The lowest BCUT2D eigenvalue weighted by atomic mass is 10.1. The molecule has 4 rings (SSSR count). The number of nitrogens with zero attached hydrogens (tertiary/aromatic N) is 3. The summed E-state index contributed by atoms with van der Waals surface area (Å²) in [5.74, 6) is 0.262. The third-order valence-electron chi connectivity index (χ3n) is 6.09. The number of para-hydroxylation sites is 1. The minimum absolute atomic E-state index is 0.262. The van der Waals surface area contributed by atoms with Crippen LogP contribution in [0, 0.1) is 13.8 Å². The molecule has 2 saturated heterocycles. The van der Waals surface area contributed by atoms with Crippen LogP contribution in [0.25, 0.3) is 0 Å². The molecule has 2 aliphatic rings. The summed E-state index contributed by atoms with van der Waals surface area (Å²) in [6, 6.07) is 17.6. The first-order valence-electron chi connectivity index (χ1n) is 9.98. The minimum atomic E-state index is 0.262. The van der Waals surface area contributed by atoms with Crippen molar-refractivity contribution in [1.29, 1.82) is 0 Å². The van der Waals surface area contributed by atoms with Gasteiger partial charge < -0.3 is 9.80 Å². The molecule has 2 aliphatic heterocycles. The number of carbonyl (C=O) groups is 1. The van der Waals surface area contributed by atoms with Crippen LogP contribution in [-0.2, 0) is 11.3 Å². The van der Waals surface area contributed by atoms with Crippen LogP contribution in [0.1, 0.15) is 23.1 Å². The maximum atomic E-state index is 12.7. The molecule has 0 aliphatic carbocycles. The van der Waals surface area contributed by atoms with E-state index in [1.807, 2.05) is 4.90 Å². The van der Waals surface area contributed by atoms with Crippen molar-refractivity contribution < 1.29 is 4.79 Å². The Morgan fingerprint density at radius 3 is 2.52 bits per heavy atom. The van der Waals surface area contributed by atoms with E-state index in [1.54, 1.807) is 0 Å². The van der Waals surface area contributed by atoms with Crippen LogP contribution < -0.4 is 4.90 Å². The van der Waals surface area contributed by atoms with E-state index in [1.165, 1.54) is 22.4 Å². The van der Waals surface area contributed by atoms with Gasteiger partial charge in [-0.15, -0.1) is 0 Å². The number of amides is 1. The minimum Gasteiger partial charge on any atom is -0.370 e. The molecule has 1 unspecified atom stereocenters. The molecule has 142 valence electrons. The van der Waals surface area contributed by atoms with Crippen LogP contribution in [0.2, 0.25) is 0 Å². The Morgan fingerprint density at radius 1 is 0.963 bits per heavy atom. The number of anilines is 1. The molecule has 1 amide bonds. The molecular weight excluding hydrogens is 334 g/mol. The van der Waals surface area contributed by atoms with E-state index in [0.29, 0.717) is 12.6 Å². The average Bonchev–Trinajstić information content (AvgIpc) is 3.17. The topological polar surface area (TPSA) is 26.8 Å². The highest BCUT2D eigenvalue weighted by molar-refractivity contribution is 5.79. The molecule has 2 fully saturated rings. The quantitative estimate of drug-likeness (QED) is 0.834. The molecule has 0 bridgehead atoms. The molecule has 4 nitrogen and oxygen atoms in total. The molecule has 2 heterocycles. The number of hydrogen-bond acceptors (Lipinski definition) is 3. The number of hydrogen-bond donors (Lipinski definition) is 0. The lowest BCUT2D eigenvalue weighted by molar-refractivity contribution is -0.137. The Kier molecular flexibility index (Phi) is 5.17. The molecule has 27 heavy (non-hydrogen) atoms. The van der Waals surface area contributed by atoms with Gasteiger partial charge in [-0.25, -0.2) is 0 Å². The Morgan fingerprint density at radius 2 is 1.78 bits per heavy atom. The number of piperazine rings is 1. The maximum Gasteiger partial charge on any atom is 0.237 e. The van der Waals surface area contributed by atoms with Crippen molar-refractivity contribution in [3.05, 3.63) is 65.2 Å². The fourth-order valence-electron chi connectivity index (χ4n) is 4.24. The lowest BCUT2D eigenvalue weighted by Gasteiger charge is -2.37. The SMILES string of the molecule is Cc1ccc(CN2CCN(C3CCN(c4ccccc4)C3)CC2=O)cc1C. The Balaban J connectivity index is 1.33. The second kappa shape index (κ2) is 7.73. The van der Waals surface area contributed by atoms with Crippen molar-refractivity contribution in [1.82, 2.24) is 9.80 Å². The average molecular weight is 364 g/mol. The molecular formula is C23H29N3O. The molecule has 0 spiro atoms. The fraction of sp³-hybridized carbons (Fsp3) is 0.435. The smallest absolute Gasteiger partial charge is 0.237 e. The third-order valence-corrected chi connectivity index (χ3v) is 6.09. The first kappa shape index (κ1) is 18.1. The van der Waals surface area contributed by atoms with Crippen LogP contribution in [0.5, 0.6) is 0 Å². The van der Waals surface area contributed by atoms with Gasteiger partial charge in [-0.05, 0) is 49.1 Å². The van der Waals surface area contributed by atoms with Crippen LogP contribution >= 0.6 is 0 Å². The van der Waals surface area contributed by atoms with Crippen molar-refractivity contribution in [3.63, 3.8) is 0 Å². The molecule has 1 atom stereocenters. The Hall–Kier alpha value is -2.33. The van der Waals surface area contributed by atoms with Crippen molar-refractivity contribution >= 4 is 11.6 Å². The first-order valence-corrected chi connectivity index (χ1v) is 9.98. The lowest BCUT2D eigenvalue weighted by Crippen LogP contribution is -2.53. The highest BCUT2D eigenvalue weighted by Crippen LogP contribution is 2.24. The summed E-state index contributed by atoms with van der Waals surface area (Å²) < 4.78 is 0. The number of benzene rings is 2. The summed E-state index contributed by atoms with van der Waals surface area (Å²) in [7, 11) is 0. The Bertz CT molecular complexity index is 805. The van der Waals surface area contributed by atoms with E-state index in [-0.39, 0.29) is 5.91 Å². The van der Waals surface area contributed by atoms with Gasteiger partial charge in [-0.1, -0.05) is 36.4 Å². The van der Waals surface area contributed by atoms with Crippen molar-refractivity contribution in [2.45, 2.75) is 32.9 Å². The number of rotatable bonds is 4. The second-order valence-corrected chi connectivity index (χ2v) is 7.93. The molecule has 2 aromatic carbocycles. The zero-order chi connectivity index (χ0) is 18.8. The van der Waals surface area contributed by atoms with Crippen LogP contribution in [0.4, 0.5) is 5.69 Å². The summed E-state index contributed by atoms with van der Waals surface area (Å²) in [6.45, 7) is 9.45. The zero-order valence-electron chi connectivity index (χ0n) is 16.4. The van der Waals surface area contributed by atoms with Gasteiger partial charge in [0.25, 0.3) is 0 Å². The first-order chi connectivity index (χ1) is 13.1. The van der Waals surface area contributed by atoms with Crippen LogP contribution in [-0.4, -0.2) is 54.5 Å². The third kappa shape index (κ3) is 4.01. The van der Waals surface area contributed by atoms with Crippen LogP contribution in [0.15, 0.2) is 48.5 Å². The largest absolute Gasteiger partial charge is 0.370 e. The molecule has 0 aromatic heterocycles. The number of carbonyl (C=O) groups excluding carboxylic acids is 1. The summed E-state index contributed by atoms with van der Waals surface area (Å²) in [4.78, 5) is 19.6. The standard InChI is InChI=1S/C23H29N3O/c1-18-8-9-20(14-19(18)2)15-26-13-12-25(17-23(26)27)22-10-11-24(16-22)21-6-4-3-5-7-21/h3-9,14,22H,10-13,15-17H2,1-2H3.